The zero-order valence-electron chi connectivity index (χ0n) is 18.1. The summed E-state index contributed by atoms with van der Waals surface area (Å²) >= 11 is 0. The maximum absolute atomic E-state index is 14.0. The third-order valence-corrected chi connectivity index (χ3v) is 5.69. The number of imidazole rings is 1. The van der Waals surface area contributed by atoms with E-state index in [4.69, 9.17) is 5.73 Å². The van der Waals surface area contributed by atoms with Crippen LogP contribution >= 0.6 is 0 Å². The molecule has 0 saturated heterocycles. The van der Waals surface area contributed by atoms with Crippen molar-refractivity contribution in [2.24, 2.45) is 5.73 Å². The first-order valence-electron chi connectivity index (χ1n) is 10.9. The third-order valence-electron chi connectivity index (χ3n) is 5.69. The van der Waals surface area contributed by atoms with Crippen molar-refractivity contribution in [2.75, 3.05) is 16.0 Å². The first-order chi connectivity index (χ1) is 16.6. The van der Waals surface area contributed by atoms with E-state index in [-0.39, 0.29) is 23.5 Å². The Bertz CT molecular complexity index is 1300. The fraction of sp³-hybridized carbons (Fsp3) is 0.273. The maximum atomic E-state index is 14.0. The molecule has 0 atom stereocenters. The zero-order valence-corrected chi connectivity index (χ0v) is 18.1. The molecule has 1 fully saturated rings. The van der Waals surface area contributed by atoms with Crippen molar-refractivity contribution in [3.63, 3.8) is 0 Å². The highest BCUT2D eigenvalue weighted by atomic mass is 19.1. The number of nitrogens with one attached hydrogen (secondary N) is 3. The van der Waals surface area contributed by atoms with Crippen molar-refractivity contribution in [3.8, 4) is 0 Å². The summed E-state index contributed by atoms with van der Waals surface area (Å²) < 4.78 is 15.4. The molecule has 0 bridgehead atoms. The molecule has 12 heteroatoms. The van der Waals surface area contributed by atoms with Gasteiger partial charge in [0.25, 0.3) is 5.91 Å². The normalized spacial score (nSPS) is 17.9. The van der Waals surface area contributed by atoms with Crippen molar-refractivity contribution in [1.82, 2.24) is 29.5 Å². The number of carbonyl (C=O) groups excluding carboxylic acids is 1. The lowest BCUT2D eigenvalue weighted by Gasteiger charge is -2.27. The number of fused-ring (bicyclic) bond motifs is 1. The maximum Gasteiger partial charge on any atom is 0.276 e. The lowest BCUT2D eigenvalue weighted by molar-refractivity contribution is 0.102. The van der Waals surface area contributed by atoms with Crippen LogP contribution in [0.1, 0.15) is 36.2 Å². The van der Waals surface area contributed by atoms with E-state index in [1.54, 1.807) is 12.3 Å². The first kappa shape index (κ1) is 21.6. The molecule has 11 nitrogen and oxygen atoms in total. The minimum Gasteiger partial charge on any atom is -0.366 e. The smallest absolute Gasteiger partial charge is 0.276 e. The second-order valence-electron chi connectivity index (χ2n) is 8.11. The Labute approximate surface area is 194 Å². The van der Waals surface area contributed by atoms with Gasteiger partial charge in [-0.2, -0.15) is 0 Å². The Morgan fingerprint density at radius 3 is 2.62 bits per heavy atom. The van der Waals surface area contributed by atoms with Gasteiger partial charge in [0.15, 0.2) is 17.2 Å². The highest BCUT2D eigenvalue weighted by molar-refractivity contribution is 6.03. The SMILES string of the molecule is NC1CCC(Nc2cc(Nc3ccncn3)c3ncc(C(=O)Nc4ccncc4F)n3n2)CC1. The van der Waals surface area contributed by atoms with Gasteiger partial charge < -0.3 is 21.7 Å². The van der Waals surface area contributed by atoms with Crippen LogP contribution in [0.2, 0.25) is 0 Å². The summed E-state index contributed by atoms with van der Waals surface area (Å²) in [5.41, 5.74) is 7.20. The van der Waals surface area contributed by atoms with Crippen molar-refractivity contribution in [3.05, 3.63) is 60.8 Å². The molecular weight excluding hydrogens is 439 g/mol. The highest BCUT2D eigenvalue weighted by Crippen LogP contribution is 2.26. The number of halogens is 1. The van der Waals surface area contributed by atoms with Crippen LogP contribution in [0.15, 0.2) is 49.3 Å². The van der Waals surface area contributed by atoms with E-state index >= 15 is 0 Å². The summed E-state index contributed by atoms with van der Waals surface area (Å²) in [4.78, 5) is 29.2. The van der Waals surface area contributed by atoms with E-state index in [0.29, 0.717) is 23.0 Å². The summed E-state index contributed by atoms with van der Waals surface area (Å²) in [6.45, 7) is 0. The van der Waals surface area contributed by atoms with Gasteiger partial charge in [0.1, 0.15) is 18.0 Å². The molecule has 1 amide bonds. The summed E-state index contributed by atoms with van der Waals surface area (Å²) in [6, 6.07) is 5.36. The molecular formula is C22H23FN10O. The van der Waals surface area contributed by atoms with Crippen LogP contribution in [-0.4, -0.2) is 47.5 Å². The van der Waals surface area contributed by atoms with Crippen LogP contribution in [0.25, 0.3) is 5.65 Å². The average molecular weight is 462 g/mol. The highest BCUT2D eigenvalue weighted by Gasteiger charge is 2.22. The third kappa shape index (κ3) is 4.62. The van der Waals surface area contributed by atoms with Crippen LogP contribution < -0.4 is 21.7 Å². The van der Waals surface area contributed by atoms with Crippen LogP contribution in [-0.2, 0) is 0 Å². The van der Waals surface area contributed by atoms with Crippen LogP contribution in [0.4, 0.5) is 27.4 Å². The Morgan fingerprint density at radius 2 is 1.85 bits per heavy atom. The standard InChI is InChI=1S/C22H23FN10O/c23-15-10-25-7-5-16(15)31-22(34)18-11-27-21-17(30-19-6-8-26-12-28-19)9-20(32-33(18)21)29-14-3-1-13(24)2-4-14/h5-14H,1-4,24H2,(H,29,32)(H,25,31,34)(H,26,28,30). The number of nitrogens with two attached hydrogens (primary N) is 1. The number of hydrogen-bond acceptors (Lipinski definition) is 9. The molecule has 4 heterocycles. The largest absolute Gasteiger partial charge is 0.366 e. The van der Waals surface area contributed by atoms with Crippen molar-refractivity contribution in [2.45, 2.75) is 37.8 Å². The quantitative estimate of drug-likeness (QED) is 0.339. The van der Waals surface area contributed by atoms with Crippen molar-refractivity contribution < 1.29 is 9.18 Å². The molecule has 0 radical (unpaired) electrons. The molecule has 1 aliphatic carbocycles. The summed E-state index contributed by atoms with van der Waals surface area (Å²) in [5, 5.41) is 13.8. The molecule has 1 aliphatic rings. The van der Waals surface area contributed by atoms with Crippen molar-refractivity contribution in [1.29, 1.82) is 0 Å². The molecule has 0 aromatic carbocycles. The number of rotatable bonds is 6. The summed E-state index contributed by atoms with van der Waals surface area (Å²) in [6.07, 6.45) is 10.6. The second-order valence-corrected chi connectivity index (χ2v) is 8.11. The van der Waals surface area contributed by atoms with Gasteiger partial charge in [0.05, 0.1) is 23.8 Å². The Kier molecular flexibility index (Phi) is 5.95. The molecule has 0 unspecified atom stereocenters. The molecule has 0 aliphatic heterocycles. The number of carbonyl (C=O) groups is 1. The lowest BCUT2D eigenvalue weighted by Crippen LogP contribution is -2.33. The van der Waals surface area contributed by atoms with E-state index in [1.807, 2.05) is 6.07 Å². The van der Waals surface area contributed by atoms with E-state index in [1.165, 1.54) is 29.3 Å². The minimum absolute atomic E-state index is 0.0158. The minimum atomic E-state index is -0.637. The van der Waals surface area contributed by atoms with E-state index in [2.05, 4.69) is 41.0 Å². The van der Waals surface area contributed by atoms with Gasteiger partial charge in [-0.05, 0) is 37.8 Å². The second kappa shape index (κ2) is 9.35. The van der Waals surface area contributed by atoms with Gasteiger partial charge in [0, 0.05) is 30.5 Å². The van der Waals surface area contributed by atoms with E-state index in [9.17, 15) is 9.18 Å². The van der Waals surface area contributed by atoms with E-state index in [0.717, 1.165) is 31.9 Å². The fourth-order valence-electron chi connectivity index (χ4n) is 3.92. The Balaban J connectivity index is 1.50. The lowest BCUT2D eigenvalue weighted by atomic mass is 9.92. The molecule has 34 heavy (non-hydrogen) atoms. The van der Waals surface area contributed by atoms with Crippen LogP contribution in [0.5, 0.6) is 0 Å². The average Bonchev–Trinajstić information content (AvgIpc) is 3.27. The molecule has 1 saturated carbocycles. The summed E-state index contributed by atoms with van der Waals surface area (Å²) in [7, 11) is 0. The fourth-order valence-corrected chi connectivity index (χ4v) is 3.92. The topological polar surface area (TPSA) is 148 Å². The van der Waals surface area contributed by atoms with Gasteiger partial charge in [-0.15, -0.1) is 5.10 Å². The summed E-state index contributed by atoms with van der Waals surface area (Å²) in [5.74, 6) is -0.0716. The Morgan fingerprint density at radius 1 is 1.03 bits per heavy atom. The van der Waals surface area contributed by atoms with Gasteiger partial charge in [-0.25, -0.2) is 23.9 Å². The Hall–Kier alpha value is -4.19. The molecule has 5 N–H and O–H groups in total. The van der Waals surface area contributed by atoms with E-state index < -0.39 is 11.7 Å². The van der Waals surface area contributed by atoms with Crippen LogP contribution in [0, 0.1) is 5.82 Å². The number of pyridine rings is 1. The zero-order chi connectivity index (χ0) is 23.5. The number of aromatic nitrogens is 6. The number of nitrogens with zero attached hydrogens (tertiary/aromatic N) is 6. The van der Waals surface area contributed by atoms with Crippen molar-refractivity contribution >= 4 is 34.6 Å². The predicted molar refractivity (Wildman–Crippen MR) is 124 cm³/mol. The number of anilines is 4. The monoisotopic (exact) mass is 462 g/mol. The van der Waals surface area contributed by atoms with Crippen LogP contribution in [0.3, 0.4) is 0 Å². The molecule has 0 spiro atoms. The first-order valence-corrected chi connectivity index (χ1v) is 10.9. The van der Waals surface area contributed by atoms with Gasteiger partial charge in [-0.3, -0.25) is 9.78 Å². The van der Waals surface area contributed by atoms with Gasteiger partial charge >= 0.3 is 0 Å². The number of hydrogen-bond donors (Lipinski definition) is 4. The molecule has 4 aromatic rings. The molecule has 174 valence electrons. The van der Waals surface area contributed by atoms with Gasteiger partial charge in [0.2, 0.25) is 0 Å². The molecule has 4 aromatic heterocycles. The molecule has 5 rings (SSSR count). The van der Waals surface area contributed by atoms with Gasteiger partial charge in [-0.1, -0.05) is 0 Å². The number of amides is 1. The predicted octanol–water partition coefficient (Wildman–Crippen LogP) is 2.73.